The number of fused-ring (bicyclic) bond motifs is 7. The molecule has 0 N–H and O–H groups in total. The smallest absolute Gasteiger partial charge is 0.0542 e. The molecule has 2 aliphatic rings. The highest BCUT2D eigenvalue weighted by Crippen LogP contribution is 2.57. The highest BCUT2D eigenvalue weighted by molar-refractivity contribution is 6.15. The fourth-order valence-corrected chi connectivity index (χ4v) is 10.4. The average molecular weight is 787 g/mol. The van der Waals surface area contributed by atoms with E-state index in [2.05, 4.69) is 240 Å². The van der Waals surface area contributed by atoms with Crippen molar-refractivity contribution < 1.29 is 0 Å². The molecule has 288 valence electrons. The van der Waals surface area contributed by atoms with Crippen molar-refractivity contribution in [3.05, 3.63) is 231 Å². The van der Waals surface area contributed by atoms with Gasteiger partial charge in [-0.1, -0.05) is 170 Å². The van der Waals surface area contributed by atoms with Crippen LogP contribution in [0.3, 0.4) is 0 Å². The van der Waals surface area contributed by atoms with E-state index in [9.17, 15) is 0 Å². The maximum Gasteiger partial charge on any atom is 0.0542 e. The van der Waals surface area contributed by atoms with Crippen molar-refractivity contribution in [2.24, 2.45) is 0 Å². The number of rotatable bonds is 6. The van der Waals surface area contributed by atoms with Crippen LogP contribution in [0.1, 0.15) is 0 Å². The van der Waals surface area contributed by atoms with E-state index in [0.717, 1.165) is 22.7 Å². The molecule has 0 fully saturated rings. The van der Waals surface area contributed by atoms with Crippen molar-refractivity contribution in [2.75, 3.05) is 4.90 Å². The third-order valence-corrected chi connectivity index (χ3v) is 13.1. The van der Waals surface area contributed by atoms with E-state index < -0.39 is 0 Å². The Bertz CT molecular complexity index is 3540. The molecule has 13 rings (SSSR count). The maximum absolute atomic E-state index is 2.43. The van der Waals surface area contributed by atoms with Crippen molar-refractivity contribution in [1.82, 2.24) is 4.57 Å². The Morgan fingerprint density at radius 1 is 0.274 bits per heavy atom. The number of anilines is 3. The van der Waals surface area contributed by atoms with Gasteiger partial charge in [-0.2, -0.15) is 0 Å². The van der Waals surface area contributed by atoms with E-state index in [1.54, 1.807) is 0 Å². The van der Waals surface area contributed by atoms with Gasteiger partial charge in [0.15, 0.2) is 0 Å². The maximum atomic E-state index is 2.43. The van der Waals surface area contributed by atoms with Crippen molar-refractivity contribution in [1.29, 1.82) is 0 Å². The first-order chi connectivity index (χ1) is 30.8. The van der Waals surface area contributed by atoms with E-state index in [0.29, 0.717) is 0 Å². The Labute approximate surface area is 360 Å². The number of hydrogen-bond acceptors (Lipinski definition) is 1. The van der Waals surface area contributed by atoms with E-state index in [1.807, 2.05) is 0 Å². The minimum Gasteiger partial charge on any atom is -0.310 e. The summed E-state index contributed by atoms with van der Waals surface area (Å²) in [6.07, 6.45) is 0. The summed E-state index contributed by atoms with van der Waals surface area (Å²) in [5, 5.41) is 2.45. The molecule has 62 heavy (non-hydrogen) atoms. The topological polar surface area (TPSA) is 8.17 Å². The van der Waals surface area contributed by atoms with Crippen LogP contribution in [0.2, 0.25) is 0 Å². The Balaban J connectivity index is 0.974. The molecule has 2 nitrogen and oxygen atoms in total. The standard InChI is InChI=1S/C60H38N2/c1-3-15-40(16-4-1)45-19-9-11-27-56(45)61(44-34-36-58-54(38-44)48-21-10-12-28-57(48)62(58)42-17-5-2-6-18-42)43-32-29-39(30-33-43)41-31-35-47-51-24-14-25-52-53-26-13-23-50(60(53)55(47)37-41)46-20-7-8-22-49(46)59(51)52/h1-38H. The Hall–Kier alpha value is -8.20. The van der Waals surface area contributed by atoms with Crippen LogP contribution >= 0.6 is 0 Å². The van der Waals surface area contributed by atoms with Gasteiger partial charge in [-0.15, -0.1) is 0 Å². The lowest BCUT2D eigenvalue weighted by molar-refractivity contribution is 1.18. The summed E-state index contributed by atoms with van der Waals surface area (Å²) >= 11 is 0. The third kappa shape index (κ3) is 5.17. The molecule has 0 radical (unpaired) electrons. The van der Waals surface area contributed by atoms with Crippen LogP contribution in [0, 0.1) is 0 Å². The minimum atomic E-state index is 1.09. The second-order valence-electron chi connectivity index (χ2n) is 16.4. The zero-order valence-corrected chi connectivity index (χ0v) is 33.8. The van der Waals surface area contributed by atoms with Gasteiger partial charge >= 0.3 is 0 Å². The summed E-state index contributed by atoms with van der Waals surface area (Å²) in [5.41, 5.74) is 24.6. The summed E-state index contributed by atoms with van der Waals surface area (Å²) in [5.74, 6) is 0. The fourth-order valence-electron chi connectivity index (χ4n) is 10.4. The third-order valence-electron chi connectivity index (χ3n) is 13.1. The van der Waals surface area contributed by atoms with Crippen LogP contribution in [0.4, 0.5) is 17.1 Å². The Morgan fingerprint density at radius 3 is 1.56 bits per heavy atom. The number of hydrogen-bond donors (Lipinski definition) is 0. The van der Waals surface area contributed by atoms with Crippen LogP contribution < -0.4 is 4.90 Å². The summed E-state index contributed by atoms with van der Waals surface area (Å²) in [6.45, 7) is 0. The molecular weight excluding hydrogens is 749 g/mol. The molecule has 1 aromatic heterocycles. The van der Waals surface area contributed by atoms with Crippen molar-refractivity contribution >= 4 is 38.9 Å². The number of para-hydroxylation sites is 3. The molecule has 2 heteroatoms. The van der Waals surface area contributed by atoms with Gasteiger partial charge in [0.2, 0.25) is 0 Å². The molecule has 11 aromatic rings. The molecule has 0 saturated heterocycles. The zero-order chi connectivity index (χ0) is 40.7. The summed E-state index contributed by atoms with van der Waals surface area (Å²) < 4.78 is 2.38. The lowest BCUT2D eigenvalue weighted by Gasteiger charge is -2.28. The van der Waals surface area contributed by atoms with Gasteiger partial charge in [0.05, 0.1) is 16.7 Å². The molecule has 0 aliphatic heterocycles. The molecule has 0 unspecified atom stereocenters. The van der Waals surface area contributed by atoms with Gasteiger partial charge in [-0.05, 0) is 133 Å². The quantitative estimate of drug-likeness (QED) is 0.163. The predicted octanol–water partition coefficient (Wildman–Crippen LogP) is 16.5. The van der Waals surface area contributed by atoms with Gasteiger partial charge in [-0.3, -0.25) is 0 Å². The predicted molar refractivity (Wildman–Crippen MR) is 261 cm³/mol. The average Bonchev–Trinajstić information content (AvgIpc) is 3.62. The van der Waals surface area contributed by atoms with Gasteiger partial charge in [0, 0.05) is 33.4 Å². The molecule has 1 heterocycles. The summed E-state index contributed by atoms with van der Waals surface area (Å²) in [4.78, 5) is 2.43. The van der Waals surface area contributed by atoms with Gasteiger partial charge < -0.3 is 9.47 Å². The number of nitrogens with zero attached hydrogens (tertiary/aromatic N) is 2. The SMILES string of the molecule is c1ccc(-c2ccccc2N(c2ccc(-c3ccc4c(c3)-c3c5cccc3-c3cccc-4c3-c3ccccc3-5)cc2)c2ccc3c(c2)c2ccccc2n3-c2ccccc2)cc1. The van der Waals surface area contributed by atoms with Crippen LogP contribution in [-0.2, 0) is 0 Å². The zero-order valence-electron chi connectivity index (χ0n) is 33.8. The van der Waals surface area contributed by atoms with Crippen LogP contribution in [0.15, 0.2) is 231 Å². The minimum absolute atomic E-state index is 1.09. The molecule has 0 amide bonds. The molecule has 10 aromatic carbocycles. The molecule has 0 spiro atoms. The first-order valence-corrected chi connectivity index (χ1v) is 21.4. The fraction of sp³-hybridized carbons (Fsp3) is 0. The van der Waals surface area contributed by atoms with E-state index in [4.69, 9.17) is 0 Å². The van der Waals surface area contributed by atoms with E-state index in [1.165, 1.54) is 99.7 Å². The molecule has 2 aliphatic carbocycles. The van der Waals surface area contributed by atoms with Gasteiger partial charge in [-0.25, -0.2) is 0 Å². The monoisotopic (exact) mass is 786 g/mol. The number of aromatic nitrogens is 1. The highest BCUT2D eigenvalue weighted by Gasteiger charge is 2.31. The normalized spacial score (nSPS) is 11.9. The summed E-state index contributed by atoms with van der Waals surface area (Å²) in [7, 11) is 0. The van der Waals surface area contributed by atoms with Crippen molar-refractivity contribution in [3.8, 4) is 83.6 Å². The van der Waals surface area contributed by atoms with Gasteiger partial charge in [0.1, 0.15) is 0 Å². The Morgan fingerprint density at radius 2 is 0.806 bits per heavy atom. The van der Waals surface area contributed by atoms with Crippen LogP contribution in [0.25, 0.3) is 105 Å². The Kier molecular flexibility index (Phi) is 7.64. The summed E-state index contributed by atoms with van der Waals surface area (Å²) in [6, 6.07) is 84.8. The molecule has 6 bridgehead atoms. The highest BCUT2D eigenvalue weighted by atomic mass is 15.1. The number of benzene rings is 10. The first-order valence-electron chi connectivity index (χ1n) is 21.4. The molecule has 0 atom stereocenters. The second kappa shape index (κ2) is 13.7. The van der Waals surface area contributed by atoms with Crippen molar-refractivity contribution in [2.45, 2.75) is 0 Å². The van der Waals surface area contributed by atoms with Crippen LogP contribution in [-0.4, -0.2) is 4.57 Å². The van der Waals surface area contributed by atoms with E-state index in [-0.39, 0.29) is 0 Å². The van der Waals surface area contributed by atoms with Crippen LogP contribution in [0.5, 0.6) is 0 Å². The largest absolute Gasteiger partial charge is 0.310 e. The molecular formula is C60H38N2. The lowest BCUT2D eigenvalue weighted by atomic mass is 9.83. The molecule has 0 saturated carbocycles. The lowest BCUT2D eigenvalue weighted by Crippen LogP contribution is -2.11. The van der Waals surface area contributed by atoms with Gasteiger partial charge in [0.25, 0.3) is 0 Å². The van der Waals surface area contributed by atoms with Crippen molar-refractivity contribution in [3.63, 3.8) is 0 Å². The second-order valence-corrected chi connectivity index (χ2v) is 16.4. The first kappa shape index (κ1) is 34.6. The van der Waals surface area contributed by atoms with E-state index >= 15 is 0 Å².